The van der Waals surface area contributed by atoms with Crippen molar-refractivity contribution in [3.63, 3.8) is 0 Å². The van der Waals surface area contributed by atoms with Crippen LogP contribution in [0.3, 0.4) is 0 Å². The summed E-state index contributed by atoms with van der Waals surface area (Å²) < 4.78 is 0. The van der Waals surface area contributed by atoms with E-state index in [1.165, 1.54) is 5.56 Å². The monoisotopic (exact) mass is 234 g/mol. The average Bonchev–Trinajstić information content (AvgIpc) is 2.36. The van der Waals surface area contributed by atoms with Crippen LogP contribution in [0.5, 0.6) is 0 Å². The van der Waals surface area contributed by atoms with Gasteiger partial charge in [-0.2, -0.15) is 0 Å². The maximum Gasteiger partial charge on any atom is 0.0330 e. The first-order chi connectivity index (χ1) is 8.12. The van der Waals surface area contributed by atoms with Gasteiger partial charge in [0.15, 0.2) is 0 Å². The summed E-state index contributed by atoms with van der Waals surface area (Å²) in [6, 6.07) is 11.0. The van der Waals surface area contributed by atoms with Gasteiger partial charge in [0.2, 0.25) is 0 Å². The summed E-state index contributed by atoms with van der Waals surface area (Å²) in [7, 11) is 0. The van der Waals surface area contributed by atoms with Gasteiger partial charge in [-0.25, -0.2) is 0 Å². The van der Waals surface area contributed by atoms with Crippen LogP contribution in [0.25, 0.3) is 0 Å². The standard InChI is InChI=1S/C15H26N2/c1-5-15(6-2,14(17-16)12(3)4)13-10-8-7-9-11-13/h7-12,14,17H,5-6,16H2,1-4H3. The molecule has 0 aliphatic rings. The second-order valence-electron chi connectivity index (χ2n) is 5.12. The van der Waals surface area contributed by atoms with E-state index >= 15 is 0 Å². The fourth-order valence-electron chi connectivity index (χ4n) is 3.04. The molecule has 1 aromatic rings. The smallest absolute Gasteiger partial charge is 0.0330 e. The highest BCUT2D eigenvalue weighted by Gasteiger charge is 2.38. The molecule has 17 heavy (non-hydrogen) atoms. The Morgan fingerprint density at radius 1 is 1.12 bits per heavy atom. The molecule has 0 bridgehead atoms. The van der Waals surface area contributed by atoms with E-state index in [0.29, 0.717) is 12.0 Å². The number of hydrogen-bond donors (Lipinski definition) is 2. The molecular formula is C15H26N2. The SMILES string of the molecule is CCC(CC)(c1ccccc1)C(NN)C(C)C. The van der Waals surface area contributed by atoms with Crippen molar-refractivity contribution in [2.75, 3.05) is 0 Å². The zero-order valence-corrected chi connectivity index (χ0v) is 11.5. The summed E-state index contributed by atoms with van der Waals surface area (Å²) in [5.41, 5.74) is 4.56. The zero-order chi connectivity index (χ0) is 12.9. The Kier molecular flexibility index (Phi) is 5.16. The molecule has 0 radical (unpaired) electrons. The van der Waals surface area contributed by atoms with Gasteiger partial charge >= 0.3 is 0 Å². The van der Waals surface area contributed by atoms with Gasteiger partial charge in [0.1, 0.15) is 0 Å². The summed E-state index contributed by atoms with van der Waals surface area (Å²) in [4.78, 5) is 0. The predicted molar refractivity (Wildman–Crippen MR) is 74.7 cm³/mol. The normalized spacial score (nSPS) is 14.0. The van der Waals surface area contributed by atoms with Gasteiger partial charge in [-0.15, -0.1) is 0 Å². The molecule has 0 aliphatic heterocycles. The highest BCUT2D eigenvalue weighted by molar-refractivity contribution is 5.28. The van der Waals surface area contributed by atoms with E-state index < -0.39 is 0 Å². The lowest BCUT2D eigenvalue weighted by atomic mass is 9.67. The molecule has 0 fully saturated rings. The Hall–Kier alpha value is -0.860. The van der Waals surface area contributed by atoms with Gasteiger partial charge in [0.25, 0.3) is 0 Å². The Morgan fingerprint density at radius 2 is 1.65 bits per heavy atom. The van der Waals surface area contributed by atoms with Gasteiger partial charge in [0.05, 0.1) is 0 Å². The molecule has 96 valence electrons. The van der Waals surface area contributed by atoms with E-state index in [1.54, 1.807) is 0 Å². The van der Waals surface area contributed by atoms with E-state index in [0.717, 1.165) is 12.8 Å². The quantitative estimate of drug-likeness (QED) is 0.586. The van der Waals surface area contributed by atoms with Crippen molar-refractivity contribution in [1.29, 1.82) is 0 Å². The van der Waals surface area contributed by atoms with Gasteiger partial charge in [0, 0.05) is 11.5 Å². The van der Waals surface area contributed by atoms with E-state index in [4.69, 9.17) is 5.84 Å². The molecule has 0 heterocycles. The molecule has 0 amide bonds. The number of rotatable bonds is 6. The Balaban J connectivity index is 3.21. The van der Waals surface area contributed by atoms with E-state index in [2.05, 4.69) is 63.5 Å². The van der Waals surface area contributed by atoms with Crippen LogP contribution in [0.4, 0.5) is 0 Å². The second-order valence-corrected chi connectivity index (χ2v) is 5.12. The number of hydrazine groups is 1. The first-order valence-electron chi connectivity index (χ1n) is 6.64. The van der Waals surface area contributed by atoms with Crippen molar-refractivity contribution < 1.29 is 0 Å². The van der Waals surface area contributed by atoms with Gasteiger partial charge in [-0.05, 0) is 24.3 Å². The molecule has 0 aromatic heterocycles. The van der Waals surface area contributed by atoms with Crippen molar-refractivity contribution in [2.45, 2.75) is 52.0 Å². The van der Waals surface area contributed by atoms with Crippen molar-refractivity contribution in [2.24, 2.45) is 11.8 Å². The molecule has 0 spiro atoms. The average molecular weight is 234 g/mol. The van der Waals surface area contributed by atoms with Crippen LogP contribution in [-0.4, -0.2) is 6.04 Å². The van der Waals surface area contributed by atoms with Crippen LogP contribution in [0.15, 0.2) is 30.3 Å². The highest BCUT2D eigenvalue weighted by Crippen LogP contribution is 2.37. The van der Waals surface area contributed by atoms with Crippen LogP contribution in [0, 0.1) is 5.92 Å². The van der Waals surface area contributed by atoms with Crippen molar-refractivity contribution >= 4 is 0 Å². The summed E-state index contributed by atoms with van der Waals surface area (Å²) in [6.45, 7) is 8.97. The summed E-state index contributed by atoms with van der Waals surface area (Å²) >= 11 is 0. The van der Waals surface area contributed by atoms with Crippen molar-refractivity contribution in [3.8, 4) is 0 Å². The Bertz CT molecular complexity index is 315. The topological polar surface area (TPSA) is 38.0 Å². The molecule has 1 atom stereocenters. The van der Waals surface area contributed by atoms with Gasteiger partial charge in [-0.1, -0.05) is 58.0 Å². The maximum atomic E-state index is 5.80. The lowest BCUT2D eigenvalue weighted by molar-refractivity contribution is 0.219. The second kappa shape index (κ2) is 6.18. The molecule has 3 N–H and O–H groups in total. The lowest BCUT2D eigenvalue weighted by Crippen LogP contribution is -2.53. The largest absolute Gasteiger partial charge is 0.271 e. The van der Waals surface area contributed by atoms with Crippen LogP contribution < -0.4 is 11.3 Å². The number of benzene rings is 1. The first-order valence-corrected chi connectivity index (χ1v) is 6.64. The minimum atomic E-state index is 0.129. The van der Waals surface area contributed by atoms with E-state index in [1.807, 2.05) is 0 Å². The molecule has 2 heteroatoms. The highest BCUT2D eigenvalue weighted by atomic mass is 15.2. The molecule has 1 aromatic carbocycles. The molecule has 0 saturated heterocycles. The van der Waals surface area contributed by atoms with E-state index in [9.17, 15) is 0 Å². The molecule has 1 unspecified atom stereocenters. The summed E-state index contributed by atoms with van der Waals surface area (Å²) in [5, 5.41) is 0. The third-order valence-electron chi connectivity index (χ3n) is 4.05. The van der Waals surface area contributed by atoms with E-state index in [-0.39, 0.29) is 5.41 Å². The summed E-state index contributed by atoms with van der Waals surface area (Å²) in [6.07, 6.45) is 2.20. The lowest BCUT2D eigenvalue weighted by Gasteiger charge is -2.42. The van der Waals surface area contributed by atoms with Crippen LogP contribution >= 0.6 is 0 Å². The molecule has 2 nitrogen and oxygen atoms in total. The number of nitrogens with two attached hydrogens (primary N) is 1. The third kappa shape index (κ3) is 2.70. The fraction of sp³-hybridized carbons (Fsp3) is 0.600. The van der Waals surface area contributed by atoms with Gasteiger partial charge in [-0.3, -0.25) is 11.3 Å². The van der Waals surface area contributed by atoms with Crippen LogP contribution in [-0.2, 0) is 5.41 Å². The van der Waals surface area contributed by atoms with Crippen LogP contribution in [0.1, 0.15) is 46.1 Å². The summed E-state index contributed by atoms with van der Waals surface area (Å²) in [5.74, 6) is 6.31. The Labute approximate surface area is 106 Å². The Morgan fingerprint density at radius 3 is 2.00 bits per heavy atom. The number of hydrogen-bond acceptors (Lipinski definition) is 2. The maximum absolute atomic E-state index is 5.80. The van der Waals surface area contributed by atoms with Crippen LogP contribution in [0.2, 0.25) is 0 Å². The number of nitrogens with one attached hydrogen (secondary N) is 1. The predicted octanol–water partition coefficient (Wildman–Crippen LogP) is 3.23. The fourth-order valence-corrected chi connectivity index (χ4v) is 3.04. The molecule has 1 rings (SSSR count). The zero-order valence-electron chi connectivity index (χ0n) is 11.5. The molecule has 0 saturated carbocycles. The molecule has 0 aliphatic carbocycles. The third-order valence-corrected chi connectivity index (χ3v) is 4.05. The first kappa shape index (κ1) is 14.2. The minimum Gasteiger partial charge on any atom is -0.271 e. The van der Waals surface area contributed by atoms with Gasteiger partial charge < -0.3 is 0 Å². The van der Waals surface area contributed by atoms with Crippen molar-refractivity contribution in [1.82, 2.24) is 5.43 Å². The minimum absolute atomic E-state index is 0.129. The molecular weight excluding hydrogens is 208 g/mol. The van der Waals surface area contributed by atoms with Crippen molar-refractivity contribution in [3.05, 3.63) is 35.9 Å².